The summed E-state index contributed by atoms with van der Waals surface area (Å²) in [5, 5.41) is 23.1. The van der Waals surface area contributed by atoms with Crippen molar-refractivity contribution in [1.82, 2.24) is 0 Å². The third kappa shape index (κ3) is 29.3. The van der Waals surface area contributed by atoms with E-state index in [-0.39, 0.29) is 12.8 Å². The predicted molar refractivity (Wildman–Crippen MR) is 266 cm³/mol. The second-order valence-electron chi connectivity index (χ2n) is 17.9. The predicted octanol–water partition coefficient (Wildman–Crippen LogP) is 7.36. The van der Waals surface area contributed by atoms with Crippen molar-refractivity contribution in [3.05, 3.63) is 0 Å². The number of nitrogens with two attached hydrogens (primary N) is 7. The number of aliphatic hydroxyl groups excluding tert-OH is 2. The van der Waals surface area contributed by atoms with Crippen LogP contribution in [0.5, 0.6) is 0 Å². The molecule has 1 aliphatic rings. The van der Waals surface area contributed by atoms with Gasteiger partial charge >= 0.3 is 43.2 Å². The monoisotopic (exact) mass is 1160 g/mol. The standard InChI is InChI=1S/C41H89N7O22P4/c1-3-5-7-9-11-13-15-17-19-21-23-25-27-29-34(49)57-31-33(59-35(50)30-28-26-24-22-20-18-16-14-12-10-8-6-4-2)32-58-71(53,64-42)60-38-36(51)39(61-72(54,65-43)66-44)41(63-74(56,69-47)70-48)40(37(38)52)62-73(55,67-45)68-46/h33,36-41,51-52H,3-32,42-48H2,1-2H3/t33-,36+,37+,38?,39-,40+,41?,71?/m1/s1. The molecule has 0 aromatic carbocycles. The number of hydrogen-bond acceptors (Lipinski definition) is 29. The highest BCUT2D eigenvalue weighted by molar-refractivity contribution is 7.49. The Kier molecular flexibility index (Phi) is 39.4. The maximum absolute atomic E-state index is 14.1. The topological polar surface area (TPSA) is 454 Å². The molecule has 0 heterocycles. The molecule has 0 bridgehead atoms. The molecular weight excluding hydrogens is 1070 g/mol. The molecule has 1 rings (SSSR count). The third-order valence-corrected chi connectivity index (χ3v) is 16.3. The van der Waals surface area contributed by atoms with Crippen molar-refractivity contribution >= 4 is 43.2 Å². The Bertz CT molecular complexity index is 1620. The van der Waals surface area contributed by atoms with Crippen LogP contribution in [-0.2, 0) is 92.3 Å². The fraction of sp³-hybridized carbons (Fsp3) is 0.951. The zero-order chi connectivity index (χ0) is 55.3. The van der Waals surface area contributed by atoms with Gasteiger partial charge in [0, 0.05) is 12.8 Å². The van der Waals surface area contributed by atoms with Crippen LogP contribution in [0.25, 0.3) is 0 Å². The number of unbranched alkanes of at least 4 members (excludes halogenated alkanes) is 24. The lowest BCUT2D eigenvalue weighted by atomic mass is 9.85. The lowest BCUT2D eigenvalue weighted by Gasteiger charge is -2.46. The molecule has 1 aliphatic carbocycles. The van der Waals surface area contributed by atoms with Crippen molar-refractivity contribution in [2.75, 3.05) is 13.2 Å². The largest absolute Gasteiger partial charge is 0.508 e. The van der Waals surface area contributed by atoms with E-state index < -0.39 is 99.2 Å². The summed E-state index contributed by atoms with van der Waals surface area (Å²) in [6, 6.07) is 0. The Hall–Kier alpha value is -0.980. The Balaban J connectivity index is 3.19. The van der Waals surface area contributed by atoms with E-state index in [0.717, 1.165) is 57.8 Å². The maximum Gasteiger partial charge on any atom is 0.508 e. The molecular formula is C41H89N7O22P4. The summed E-state index contributed by atoms with van der Waals surface area (Å²) >= 11 is 0. The van der Waals surface area contributed by atoms with E-state index in [4.69, 9.17) is 73.4 Å². The second-order valence-corrected chi connectivity index (χ2v) is 24.0. The zero-order valence-corrected chi connectivity index (χ0v) is 46.7. The van der Waals surface area contributed by atoms with Gasteiger partial charge in [-0.15, -0.1) is 0 Å². The van der Waals surface area contributed by atoms with Crippen molar-refractivity contribution in [2.45, 2.75) is 236 Å². The molecule has 74 heavy (non-hydrogen) atoms. The Morgan fingerprint density at radius 3 is 1.00 bits per heavy atom. The molecule has 1 saturated carbocycles. The zero-order valence-electron chi connectivity index (χ0n) is 43.1. The van der Waals surface area contributed by atoms with E-state index >= 15 is 0 Å². The molecule has 1 fully saturated rings. The van der Waals surface area contributed by atoms with Gasteiger partial charge in [0.15, 0.2) is 6.10 Å². The minimum Gasteiger partial charge on any atom is -0.462 e. The lowest BCUT2D eigenvalue weighted by Crippen LogP contribution is -2.65. The summed E-state index contributed by atoms with van der Waals surface area (Å²) in [5.41, 5.74) is 0. The van der Waals surface area contributed by atoms with E-state index in [1.807, 2.05) is 0 Å². The average molecular weight is 1160 g/mol. The first-order valence-electron chi connectivity index (χ1n) is 25.6. The Labute approximate surface area is 435 Å². The van der Waals surface area contributed by atoms with Crippen LogP contribution in [0.15, 0.2) is 0 Å². The maximum atomic E-state index is 14.1. The first-order valence-corrected chi connectivity index (χ1v) is 31.4. The highest BCUT2D eigenvalue weighted by Gasteiger charge is 2.60. The van der Waals surface area contributed by atoms with Gasteiger partial charge in [0.1, 0.15) is 43.2 Å². The number of carbonyl (C=O) groups is 2. The molecule has 33 heteroatoms. The van der Waals surface area contributed by atoms with Crippen LogP contribution in [0, 0.1) is 0 Å². The average Bonchev–Trinajstić information content (AvgIpc) is 3.40. The van der Waals surface area contributed by atoms with Gasteiger partial charge in [0.2, 0.25) is 0 Å². The molecule has 440 valence electrons. The van der Waals surface area contributed by atoms with Crippen LogP contribution >= 0.6 is 31.3 Å². The van der Waals surface area contributed by atoms with Gasteiger partial charge < -0.3 is 19.7 Å². The molecule has 0 radical (unpaired) electrons. The van der Waals surface area contributed by atoms with Gasteiger partial charge in [-0.3, -0.25) is 32.2 Å². The summed E-state index contributed by atoms with van der Waals surface area (Å²) in [7, 11) is -21.1. The van der Waals surface area contributed by atoms with Gasteiger partial charge in [-0.05, 0) is 12.8 Å². The lowest BCUT2D eigenvalue weighted by molar-refractivity contribution is -0.213. The fourth-order valence-electron chi connectivity index (χ4n) is 7.91. The number of phosphoric acid groups is 4. The minimum atomic E-state index is -5.37. The second kappa shape index (κ2) is 41.1. The first kappa shape index (κ1) is 71.0. The smallest absolute Gasteiger partial charge is 0.462 e. The summed E-state index contributed by atoms with van der Waals surface area (Å²) in [5.74, 6) is 34.0. The number of esters is 2. The minimum absolute atomic E-state index is 0.0295. The molecule has 0 aromatic rings. The van der Waals surface area contributed by atoms with Crippen molar-refractivity contribution in [3.63, 3.8) is 0 Å². The molecule has 16 N–H and O–H groups in total. The van der Waals surface area contributed by atoms with E-state index in [2.05, 4.69) is 46.2 Å². The van der Waals surface area contributed by atoms with Crippen molar-refractivity contribution in [1.29, 1.82) is 0 Å². The molecule has 3 unspecified atom stereocenters. The van der Waals surface area contributed by atoms with Crippen LogP contribution in [0.4, 0.5) is 0 Å². The van der Waals surface area contributed by atoms with E-state index in [1.165, 1.54) is 96.3 Å². The Morgan fingerprint density at radius 1 is 0.392 bits per heavy atom. The third-order valence-electron chi connectivity index (χ3n) is 12.0. The summed E-state index contributed by atoms with van der Waals surface area (Å²) in [6.07, 6.45) is 11.6. The van der Waals surface area contributed by atoms with Gasteiger partial charge in [0.05, 0.1) is 6.61 Å². The van der Waals surface area contributed by atoms with Crippen molar-refractivity contribution in [2.24, 2.45) is 41.3 Å². The normalized spacial score (nSPS) is 20.9. The van der Waals surface area contributed by atoms with E-state index in [0.29, 0.717) is 12.8 Å². The molecule has 8 atom stereocenters. The van der Waals surface area contributed by atoms with Crippen molar-refractivity contribution in [3.8, 4) is 0 Å². The van der Waals surface area contributed by atoms with Crippen LogP contribution in [0.3, 0.4) is 0 Å². The Morgan fingerprint density at radius 2 is 0.676 bits per heavy atom. The highest BCUT2D eigenvalue weighted by Crippen LogP contribution is 2.58. The summed E-state index contributed by atoms with van der Waals surface area (Å²) in [4.78, 5) is 26.0. The van der Waals surface area contributed by atoms with E-state index in [9.17, 15) is 38.1 Å². The quantitative estimate of drug-likeness (QED) is 0.0124. The van der Waals surface area contributed by atoms with Crippen LogP contribution in [-0.4, -0.2) is 78.1 Å². The van der Waals surface area contributed by atoms with Crippen LogP contribution in [0.2, 0.25) is 0 Å². The number of aliphatic hydroxyl groups is 2. The number of hydrogen-bond donors (Lipinski definition) is 9. The number of rotatable bonds is 49. The van der Waals surface area contributed by atoms with E-state index in [1.54, 1.807) is 0 Å². The van der Waals surface area contributed by atoms with Gasteiger partial charge in [-0.2, -0.15) is 27.7 Å². The van der Waals surface area contributed by atoms with Crippen molar-refractivity contribution < 1.29 is 103 Å². The number of phosphoric ester groups is 1. The molecule has 0 amide bonds. The molecule has 0 spiro atoms. The van der Waals surface area contributed by atoms with Gasteiger partial charge in [-0.25, -0.2) is 64.2 Å². The summed E-state index contributed by atoms with van der Waals surface area (Å²) < 4.78 is 119. The summed E-state index contributed by atoms with van der Waals surface area (Å²) in [6.45, 7) is 2.88. The van der Waals surface area contributed by atoms with Gasteiger partial charge in [0.25, 0.3) is 0 Å². The van der Waals surface area contributed by atoms with Gasteiger partial charge in [-0.1, -0.05) is 168 Å². The SMILES string of the molecule is CCCCCCCCCCCCCCCC(=O)OC[C@H](COP(=O)(ON)OC1[C@H](O)[C@H](OP(=O)(ON)ON)C(OP(=O)(ON)ON)[C@H](OP(=O)(ON)ON)[C@H]1O)OC(=O)CCCCCCCCCCCCCCC. The molecule has 0 aromatic heterocycles. The first-order chi connectivity index (χ1) is 35.4. The highest BCUT2D eigenvalue weighted by atomic mass is 31.2. The van der Waals surface area contributed by atoms with Crippen LogP contribution in [0.1, 0.15) is 194 Å². The molecule has 0 saturated heterocycles. The number of ether oxygens (including phenoxy) is 2. The molecule has 0 aliphatic heterocycles. The number of carbonyl (C=O) groups excluding carboxylic acids is 2. The molecule has 29 nitrogen and oxygen atoms in total. The van der Waals surface area contributed by atoms with Crippen LogP contribution < -0.4 is 41.3 Å². The fourth-order valence-corrected chi connectivity index (χ4v) is 11.1.